The van der Waals surface area contributed by atoms with Gasteiger partial charge in [-0.15, -0.1) is 0 Å². The molecule has 3 N–H and O–H groups in total. The van der Waals surface area contributed by atoms with Crippen molar-refractivity contribution in [3.63, 3.8) is 0 Å². The minimum atomic E-state index is -5.08. The van der Waals surface area contributed by atoms with Crippen molar-refractivity contribution in [2.45, 2.75) is 30.0 Å². The van der Waals surface area contributed by atoms with Gasteiger partial charge in [-0.3, -0.25) is 0 Å². The molecule has 2 aromatic rings. The molecule has 2 aromatic carbocycles. The van der Waals surface area contributed by atoms with E-state index in [1.54, 1.807) is 18.2 Å². The van der Waals surface area contributed by atoms with E-state index < -0.39 is 28.3 Å². The second-order valence-electron chi connectivity index (χ2n) is 6.79. The molecular formula is C19H23F3N2O5S. The van der Waals surface area contributed by atoms with E-state index in [9.17, 15) is 26.7 Å². The summed E-state index contributed by atoms with van der Waals surface area (Å²) in [5.74, 6) is -2.76. The number of benzene rings is 2. The predicted octanol–water partition coefficient (Wildman–Crippen LogP) is 2.21. The Morgan fingerprint density at radius 1 is 1.10 bits per heavy atom. The first-order chi connectivity index (χ1) is 14.0. The normalized spacial score (nSPS) is 16.1. The molecule has 3 rings (SSSR count). The summed E-state index contributed by atoms with van der Waals surface area (Å²) in [5.41, 5.74) is 0. The molecule has 0 saturated carbocycles. The number of alkyl halides is 3. The number of hydrogen-bond donors (Lipinski definition) is 3. The Balaban J connectivity index is 0.000000396. The van der Waals surface area contributed by atoms with Crippen molar-refractivity contribution in [3.05, 3.63) is 42.5 Å². The SMILES string of the molecule is O=C(O)C(F)(F)F.O=S(=O)(NC[C@H](O)CN1CCCC1)c1cccc2ccccc12. The highest BCUT2D eigenvalue weighted by Crippen LogP contribution is 2.22. The highest BCUT2D eigenvalue weighted by Gasteiger charge is 2.38. The van der Waals surface area contributed by atoms with Gasteiger partial charge in [0.15, 0.2) is 0 Å². The van der Waals surface area contributed by atoms with Crippen LogP contribution in [-0.2, 0) is 14.8 Å². The number of likely N-dealkylation sites (tertiary alicyclic amines) is 1. The van der Waals surface area contributed by atoms with Crippen LogP contribution < -0.4 is 4.72 Å². The topological polar surface area (TPSA) is 107 Å². The van der Waals surface area contributed by atoms with E-state index in [2.05, 4.69) is 9.62 Å². The maximum absolute atomic E-state index is 12.6. The maximum atomic E-state index is 12.6. The number of halogens is 3. The van der Waals surface area contributed by atoms with Gasteiger partial charge in [-0.1, -0.05) is 36.4 Å². The zero-order valence-electron chi connectivity index (χ0n) is 16.0. The van der Waals surface area contributed by atoms with Crippen LogP contribution in [-0.4, -0.2) is 68.0 Å². The summed E-state index contributed by atoms with van der Waals surface area (Å²) in [4.78, 5) is 11.3. The average molecular weight is 448 g/mol. The van der Waals surface area contributed by atoms with Crippen LogP contribution in [0.25, 0.3) is 10.8 Å². The number of aliphatic carboxylic acids is 1. The van der Waals surface area contributed by atoms with Gasteiger partial charge in [0.25, 0.3) is 0 Å². The monoisotopic (exact) mass is 448 g/mol. The molecule has 1 aliphatic rings. The lowest BCUT2D eigenvalue weighted by Crippen LogP contribution is -2.39. The van der Waals surface area contributed by atoms with Crippen LogP contribution in [0.15, 0.2) is 47.4 Å². The number of carboxylic acid groups (broad SMARTS) is 1. The lowest BCUT2D eigenvalue weighted by atomic mass is 10.1. The Morgan fingerprint density at radius 3 is 2.27 bits per heavy atom. The Kier molecular flexibility index (Phi) is 8.18. The Bertz CT molecular complexity index is 955. The highest BCUT2D eigenvalue weighted by molar-refractivity contribution is 7.89. The summed E-state index contributed by atoms with van der Waals surface area (Å²) in [6, 6.07) is 12.6. The van der Waals surface area contributed by atoms with Crippen LogP contribution in [0.1, 0.15) is 12.8 Å². The molecule has 0 bridgehead atoms. The summed E-state index contributed by atoms with van der Waals surface area (Å²) in [5, 5.41) is 18.8. The van der Waals surface area contributed by atoms with Crippen molar-refractivity contribution in [2.75, 3.05) is 26.2 Å². The standard InChI is InChI=1S/C17H22N2O3S.C2HF3O2/c20-15(13-19-10-3-4-11-19)12-18-23(21,22)17-9-5-7-14-6-1-2-8-16(14)17;3-2(4,5)1(6)7/h1-2,5-9,15,18,20H,3-4,10-13H2;(H,6,7)/t15-;/m0./s1. The first kappa shape index (κ1) is 24.1. The van der Waals surface area contributed by atoms with Crippen molar-refractivity contribution >= 4 is 26.8 Å². The lowest BCUT2D eigenvalue weighted by molar-refractivity contribution is -0.192. The highest BCUT2D eigenvalue weighted by atomic mass is 32.2. The van der Waals surface area contributed by atoms with E-state index in [4.69, 9.17) is 9.90 Å². The number of sulfonamides is 1. The largest absolute Gasteiger partial charge is 0.490 e. The van der Waals surface area contributed by atoms with E-state index in [-0.39, 0.29) is 11.4 Å². The van der Waals surface area contributed by atoms with Crippen molar-refractivity contribution in [3.8, 4) is 0 Å². The van der Waals surface area contributed by atoms with Gasteiger partial charge in [0.1, 0.15) is 0 Å². The number of fused-ring (bicyclic) bond motifs is 1. The zero-order chi connectivity index (χ0) is 22.4. The summed E-state index contributed by atoms with van der Waals surface area (Å²) < 4.78 is 59.4. The van der Waals surface area contributed by atoms with E-state index in [0.717, 1.165) is 31.3 Å². The summed E-state index contributed by atoms with van der Waals surface area (Å²) in [7, 11) is -3.64. The number of nitrogens with one attached hydrogen (secondary N) is 1. The van der Waals surface area contributed by atoms with Crippen molar-refractivity contribution in [1.29, 1.82) is 0 Å². The number of β-amino-alcohol motifs (C(OH)–C–C–N with tert-alkyl or cyclic N) is 1. The van der Waals surface area contributed by atoms with E-state index in [1.165, 1.54) is 0 Å². The molecule has 0 aliphatic carbocycles. The van der Waals surface area contributed by atoms with Gasteiger partial charge in [-0.05, 0) is 37.4 Å². The van der Waals surface area contributed by atoms with Gasteiger partial charge in [0, 0.05) is 18.5 Å². The quantitative estimate of drug-likeness (QED) is 0.626. The van der Waals surface area contributed by atoms with E-state index in [1.807, 2.05) is 24.3 Å². The zero-order valence-corrected chi connectivity index (χ0v) is 16.8. The number of carboxylic acids is 1. The van der Waals surface area contributed by atoms with E-state index in [0.29, 0.717) is 11.9 Å². The van der Waals surface area contributed by atoms with Crippen molar-refractivity contribution in [1.82, 2.24) is 9.62 Å². The number of carbonyl (C=O) groups is 1. The molecule has 166 valence electrons. The van der Waals surface area contributed by atoms with Gasteiger partial charge in [0.05, 0.1) is 11.0 Å². The number of rotatable bonds is 6. The Morgan fingerprint density at radius 2 is 1.67 bits per heavy atom. The molecule has 0 spiro atoms. The molecule has 7 nitrogen and oxygen atoms in total. The third-order valence-corrected chi connectivity index (χ3v) is 5.94. The fourth-order valence-corrected chi connectivity index (χ4v) is 4.34. The lowest BCUT2D eigenvalue weighted by Gasteiger charge is -2.19. The molecule has 1 heterocycles. The molecule has 1 fully saturated rings. The molecule has 1 atom stereocenters. The number of aliphatic hydroxyl groups is 1. The molecule has 0 radical (unpaired) electrons. The number of nitrogens with zero attached hydrogens (tertiary/aromatic N) is 1. The second kappa shape index (κ2) is 10.2. The molecule has 1 aliphatic heterocycles. The number of hydrogen-bond acceptors (Lipinski definition) is 5. The van der Waals surface area contributed by atoms with Crippen molar-refractivity contribution < 1.29 is 36.6 Å². The first-order valence-corrected chi connectivity index (χ1v) is 10.7. The van der Waals surface area contributed by atoms with Crippen LogP contribution in [0.3, 0.4) is 0 Å². The molecule has 0 unspecified atom stereocenters. The summed E-state index contributed by atoms with van der Waals surface area (Å²) in [6.45, 7) is 2.50. The van der Waals surface area contributed by atoms with Crippen LogP contribution >= 0.6 is 0 Å². The first-order valence-electron chi connectivity index (χ1n) is 9.18. The predicted molar refractivity (Wildman–Crippen MR) is 105 cm³/mol. The van der Waals surface area contributed by atoms with E-state index >= 15 is 0 Å². The Labute approximate surface area is 172 Å². The number of aliphatic hydroxyl groups excluding tert-OH is 1. The minimum Gasteiger partial charge on any atom is -0.475 e. The summed E-state index contributed by atoms with van der Waals surface area (Å²) >= 11 is 0. The van der Waals surface area contributed by atoms with Crippen LogP contribution in [0.4, 0.5) is 13.2 Å². The second-order valence-corrected chi connectivity index (χ2v) is 8.53. The average Bonchev–Trinajstić information content (AvgIpc) is 3.19. The fraction of sp³-hybridized carbons (Fsp3) is 0.421. The van der Waals surface area contributed by atoms with Gasteiger partial charge < -0.3 is 15.1 Å². The fourth-order valence-electron chi connectivity index (χ4n) is 3.04. The van der Waals surface area contributed by atoms with Crippen LogP contribution in [0, 0.1) is 0 Å². The smallest absolute Gasteiger partial charge is 0.475 e. The molecule has 1 saturated heterocycles. The third-order valence-electron chi connectivity index (χ3n) is 4.46. The van der Waals surface area contributed by atoms with Gasteiger partial charge in [-0.25, -0.2) is 17.9 Å². The summed E-state index contributed by atoms with van der Waals surface area (Å²) in [6.07, 6.45) is -3.49. The molecule has 30 heavy (non-hydrogen) atoms. The molecule has 0 amide bonds. The van der Waals surface area contributed by atoms with Gasteiger partial charge in [0.2, 0.25) is 10.0 Å². The molecule has 0 aromatic heterocycles. The van der Waals surface area contributed by atoms with Gasteiger partial charge in [-0.2, -0.15) is 13.2 Å². The van der Waals surface area contributed by atoms with Crippen LogP contribution in [0.2, 0.25) is 0 Å². The third kappa shape index (κ3) is 6.94. The van der Waals surface area contributed by atoms with Crippen molar-refractivity contribution in [2.24, 2.45) is 0 Å². The Hall–Kier alpha value is -2.21. The minimum absolute atomic E-state index is 0.0298. The van der Waals surface area contributed by atoms with Gasteiger partial charge >= 0.3 is 12.1 Å². The molecular weight excluding hydrogens is 425 g/mol. The van der Waals surface area contributed by atoms with Crippen LogP contribution in [0.5, 0.6) is 0 Å². The molecule has 11 heteroatoms. The maximum Gasteiger partial charge on any atom is 0.490 e.